The highest BCUT2D eigenvalue weighted by atomic mass is 32.2. The molecule has 2 atom stereocenters. The van der Waals surface area contributed by atoms with Crippen molar-refractivity contribution in [2.24, 2.45) is 11.8 Å². The second-order valence-corrected chi connectivity index (χ2v) is 8.25. The van der Waals surface area contributed by atoms with Gasteiger partial charge in [-0.3, -0.25) is 0 Å². The molecule has 0 spiro atoms. The Bertz CT molecular complexity index is 694. The second-order valence-electron chi connectivity index (χ2n) is 6.09. The minimum atomic E-state index is -3.56. The molecule has 1 aromatic carbocycles. The Morgan fingerprint density at radius 1 is 1.26 bits per heavy atom. The van der Waals surface area contributed by atoms with E-state index >= 15 is 0 Å². The standard InChI is InChI=1S/C17H23NO4S/c1-13-7-4-5-8-15(13)12-22-17(19)14-9-6-10-16(11-14)23(20,21)18(2)3/h4-6,9-11,13,15H,7-8,12H2,1-3H3. The molecule has 6 heteroatoms. The molecule has 2 unspecified atom stereocenters. The van der Waals surface area contributed by atoms with E-state index < -0.39 is 16.0 Å². The highest BCUT2D eigenvalue weighted by Gasteiger charge is 2.22. The Labute approximate surface area is 138 Å². The summed E-state index contributed by atoms with van der Waals surface area (Å²) in [6.45, 7) is 2.50. The maximum Gasteiger partial charge on any atom is 0.338 e. The summed E-state index contributed by atoms with van der Waals surface area (Å²) in [4.78, 5) is 12.3. The van der Waals surface area contributed by atoms with Gasteiger partial charge in [0.25, 0.3) is 0 Å². The van der Waals surface area contributed by atoms with Gasteiger partial charge < -0.3 is 4.74 Å². The number of rotatable bonds is 5. The number of benzene rings is 1. The fourth-order valence-electron chi connectivity index (χ4n) is 2.50. The molecule has 0 aromatic heterocycles. The predicted octanol–water partition coefficient (Wildman–Crippen LogP) is 2.70. The molecule has 0 radical (unpaired) electrons. The number of ether oxygens (including phenoxy) is 1. The van der Waals surface area contributed by atoms with E-state index in [2.05, 4.69) is 19.1 Å². The van der Waals surface area contributed by atoms with Crippen LogP contribution in [0.2, 0.25) is 0 Å². The van der Waals surface area contributed by atoms with Crippen molar-refractivity contribution in [2.45, 2.75) is 24.7 Å². The lowest BCUT2D eigenvalue weighted by Gasteiger charge is -2.24. The van der Waals surface area contributed by atoms with Crippen molar-refractivity contribution < 1.29 is 17.9 Å². The molecule has 0 saturated carbocycles. The van der Waals surface area contributed by atoms with Crippen LogP contribution < -0.4 is 0 Å². The van der Waals surface area contributed by atoms with E-state index in [4.69, 9.17) is 4.74 Å². The van der Waals surface area contributed by atoms with E-state index in [9.17, 15) is 13.2 Å². The number of esters is 1. The van der Waals surface area contributed by atoms with Gasteiger partial charge in [0.1, 0.15) is 0 Å². The molecule has 23 heavy (non-hydrogen) atoms. The van der Waals surface area contributed by atoms with E-state index in [0.717, 1.165) is 17.1 Å². The Kier molecular flexibility index (Phi) is 5.59. The minimum absolute atomic E-state index is 0.0888. The van der Waals surface area contributed by atoms with Gasteiger partial charge >= 0.3 is 5.97 Å². The zero-order valence-corrected chi connectivity index (χ0v) is 14.5. The summed E-state index contributed by atoms with van der Waals surface area (Å²) in [6.07, 6.45) is 6.17. The van der Waals surface area contributed by atoms with Crippen molar-refractivity contribution in [1.82, 2.24) is 4.31 Å². The molecule has 0 amide bonds. The maximum absolute atomic E-state index is 12.2. The Morgan fingerprint density at radius 2 is 1.96 bits per heavy atom. The van der Waals surface area contributed by atoms with Gasteiger partial charge in [0.05, 0.1) is 17.1 Å². The van der Waals surface area contributed by atoms with Crippen LogP contribution in [0.25, 0.3) is 0 Å². The Morgan fingerprint density at radius 3 is 2.61 bits per heavy atom. The summed E-state index contributed by atoms with van der Waals surface area (Å²) in [7, 11) is -0.647. The van der Waals surface area contributed by atoms with Gasteiger partial charge in [-0.05, 0) is 42.9 Å². The Hall–Kier alpha value is -1.66. The first-order chi connectivity index (χ1) is 10.8. The molecule has 1 aliphatic rings. The lowest BCUT2D eigenvalue weighted by atomic mass is 9.85. The van der Waals surface area contributed by atoms with Gasteiger partial charge in [0, 0.05) is 14.1 Å². The van der Waals surface area contributed by atoms with Gasteiger partial charge in [-0.25, -0.2) is 17.5 Å². The van der Waals surface area contributed by atoms with Crippen LogP contribution in [0.15, 0.2) is 41.3 Å². The van der Waals surface area contributed by atoms with E-state index in [0.29, 0.717) is 18.4 Å². The highest BCUT2D eigenvalue weighted by Crippen LogP contribution is 2.25. The normalized spacial score (nSPS) is 21.4. The van der Waals surface area contributed by atoms with Crippen molar-refractivity contribution in [3.63, 3.8) is 0 Å². The third-order valence-electron chi connectivity index (χ3n) is 4.19. The lowest BCUT2D eigenvalue weighted by Crippen LogP contribution is -2.23. The molecule has 0 heterocycles. The van der Waals surface area contributed by atoms with E-state index in [-0.39, 0.29) is 10.5 Å². The number of carbonyl (C=O) groups excluding carboxylic acids is 1. The third-order valence-corrected chi connectivity index (χ3v) is 6.01. The molecular weight excluding hydrogens is 314 g/mol. The van der Waals surface area contributed by atoms with Crippen LogP contribution in [-0.4, -0.2) is 39.4 Å². The highest BCUT2D eigenvalue weighted by molar-refractivity contribution is 7.89. The number of hydrogen-bond acceptors (Lipinski definition) is 4. The summed E-state index contributed by atoms with van der Waals surface area (Å²) in [5.41, 5.74) is 0.256. The quantitative estimate of drug-likeness (QED) is 0.612. The van der Waals surface area contributed by atoms with E-state index in [1.807, 2.05) is 0 Å². The summed E-state index contributed by atoms with van der Waals surface area (Å²) in [5.74, 6) is 0.313. The molecule has 1 aliphatic carbocycles. The topological polar surface area (TPSA) is 63.7 Å². The number of hydrogen-bond donors (Lipinski definition) is 0. The van der Waals surface area contributed by atoms with Crippen LogP contribution in [-0.2, 0) is 14.8 Å². The summed E-state index contributed by atoms with van der Waals surface area (Å²) < 4.78 is 30.7. The summed E-state index contributed by atoms with van der Waals surface area (Å²) in [5, 5.41) is 0. The fraction of sp³-hybridized carbons (Fsp3) is 0.471. The molecular formula is C17H23NO4S. The van der Waals surface area contributed by atoms with Crippen LogP contribution >= 0.6 is 0 Å². The summed E-state index contributed by atoms with van der Waals surface area (Å²) in [6, 6.07) is 5.96. The van der Waals surface area contributed by atoms with Crippen molar-refractivity contribution >= 4 is 16.0 Å². The average Bonchev–Trinajstić information content (AvgIpc) is 2.53. The van der Waals surface area contributed by atoms with Crippen LogP contribution in [0.1, 0.15) is 30.1 Å². The first-order valence-electron chi connectivity index (χ1n) is 7.67. The van der Waals surface area contributed by atoms with Crippen LogP contribution in [0.4, 0.5) is 0 Å². The van der Waals surface area contributed by atoms with Crippen molar-refractivity contribution in [2.75, 3.05) is 20.7 Å². The molecule has 1 aromatic rings. The predicted molar refractivity (Wildman–Crippen MR) is 88.6 cm³/mol. The SMILES string of the molecule is CC1CC=CCC1COC(=O)c1cccc(S(=O)(=O)N(C)C)c1. The number of allylic oxidation sites excluding steroid dienone is 2. The number of carbonyl (C=O) groups is 1. The molecule has 2 rings (SSSR count). The maximum atomic E-state index is 12.2. The van der Waals surface area contributed by atoms with Crippen LogP contribution in [0.3, 0.4) is 0 Å². The molecule has 0 fully saturated rings. The van der Waals surface area contributed by atoms with Crippen LogP contribution in [0.5, 0.6) is 0 Å². The van der Waals surface area contributed by atoms with Crippen molar-refractivity contribution in [3.8, 4) is 0 Å². The fourth-order valence-corrected chi connectivity index (χ4v) is 3.45. The van der Waals surface area contributed by atoms with Gasteiger partial charge in [-0.15, -0.1) is 0 Å². The third kappa shape index (κ3) is 4.20. The smallest absolute Gasteiger partial charge is 0.338 e. The molecule has 5 nitrogen and oxygen atoms in total. The largest absolute Gasteiger partial charge is 0.462 e. The molecule has 0 aliphatic heterocycles. The van der Waals surface area contributed by atoms with Crippen LogP contribution in [0, 0.1) is 11.8 Å². The second kappa shape index (κ2) is 7.27. The van der Waals surface area contributed by atoms with Gasteiger partial charge in [0.15, 0.2) is 0 Å². The van der Waals surface area contributed by atoms with Crippen molar-refractivity contribution in [1.29, 1.82) is 0 Å². The van der Waals surface area contributed by atoms with E-state index in [1.165, 1.54) is 26.2 Å². The first kappa shape index (κ1) is 17.7. The lowest BCUT2D eigenvalue weighted by molar-refractivity contribution is 0.0395. The van der Waals surface area contributed by atoms with E-state index in [1.54, 1.807) is 12.1 Å². The number of sulfonamides is 1. The van der Waals surface area contributed by atoms with Crippen molar-refractivity contribution in [3.05, 3.63) is 42.0 Å². The van der Waals surface area contributed by atoms with Gasteiger partial charge in [0.2, 0.25) is 10.0 Å². The monoisotopic (exact) mass is 337 g/mol. The molecule has 0 N–H and O–H groups in total. The van der Waals surface area contributed by atoms with Gasteiger partial charge in [-0.1, -0.05) is 25.1 Å². The first-order valence-corrected chi connectivity index (χ1v) is 9.11. The molecule has 0 saturated heterocycles. The summed E-state index contributed by atoms with van der Waals surface area (Å²) >= 11 is 0. The minimum Gasteiger partial charge on any atom is -0.462 e. The molecule has 126 valence electrons. The zero-order valence-electron chi connectivity index (χ0n) is 13.7. The average molecular weight is 337 g/mol. The number of nitrogens with zero attached hydrogens (tertiary/aromatic N) is 1. The zero-order chi connectivity index (χ0) is 17.0. The Balaban J connectivity index is 2.07. The van der Waals surface area contributed by atoms with Gasteiger partial charge in [-0.2, -0.15) is 0 Å². The molecule has 0 bridgehead atoms.